The molecule has 2 aromatic carbocycles. The lowest BCUT2D eigenvalue weighted by molar-refractivity contribution is -0.118. The zero-order valence-corrected chi connectivity index (χ0v) is 18.0. The second-order valence-electron chi connectivity index (χ2n) is 8.23. The van der Waals surface area contributed by atoms with Crippen LogP contribution in [-0.4, -0.2) is 57.2 Å². The van der Waals surface area contributed by atoms with Gasteiger partial charge in [-0.05, 0) is 35.7 Å². The molecule has 1 aliphatic heterocycles. The largest absolute Gasteiger partial charge is 0.424 e. The first-order valence-corrected chi connectivity index (χ1v) is 11.1. The fourth-order valence-electron chi connectivity index (χ4n) is 4.33. The van der Waals surface area contributed by atoms with Gasteiger partial charge in [0.25, 0.3) is 0 Å². The van der Waals surface area contributed by atoms with Gasteiger partial charge in [-0.1, -0.05) is 18.2 Å². The van der Waals surface area contributed by atoms with Gasteiger partial charge in [0.1, 0.15) is 11.5 Å². The summed E-state index contributed by atoms with van der Waals surface area (Å²) in [6.07, 6.45) is 3.56. The summed E-state index contributed by atoms with van der Waals surface area (Å²) in [6, 6.07) is 11.9. The molecule has 2 aliphatic rings. The minimum Gasteiger partial charge on any atom is -0.424 e. The molecule has 33 heavy (non-hydrogen) atoms. The van der Waals surface area contributed by atoms with Crippen LogP contribution in [-0.2, 0) is 22.4 Å². The summed E-state index contributed by atoms with van der Waals surface area (Å²) in [6.45, 7) is 2.65. The fourth-order valence-corrected chi connectivity index (χ4v) is 4.33. The van der Waals surface area contributed by atoms with E-state index in [2.05, 4.69) is 25.1 Å². The minimum atomic E-state index is 0.230. The average molecular weight is 442 g/mol. The van der Waals surface area contributed by atoms with Gasteiger partial charge in [0.2, 0.25) is 5.95 Å². The number of ketones is 1. The Morgan fingerprint density at radius 1 is 1.00 bits per heavy atom. The number of aryl methyl sites for hydroxylation is 1. The van der Waals surface area contributed by atoms with Gasteiger partial charge in [-0.3, -0.25) is 9.89 Å². The van der Waals surface area contributed by atoms with Crippen molar-refractivity contribution in [2.45, 2.75) is 19.3 Å². The van der Waals surface area contributed by atoms with Crippen LogP contribution >= 0.6 is 0 Å². The van der Waals surface area contributed by atoms with Crippen LogP contribution in [0.25, 0.3) is 22.3 Å². The molecule has 6 rings (SSSR count). The number of carbonyl (C=O) groups excluding carboxylic acids is 1. The third kappa shape index (κ3) is 3.91. The maximum atomic E-state index is 11.8. The Morgan fingerprint density at radius 3 is 2.82 bits per heavy atom. The maximum absolute atomic E-state index is 11.8. The highest BCUT2D eigenvalue weighted by Gasteiger charge is 2.20. The monoisotopic (exact) mass is 442 g/mol. The standard InChI is InChI=1S/C24H22N6O3/c31-17-6-4-16-13-18(7-5-15(16)12-17)33-24-27-22(19-2-1-3-21-20(19)14-25-29-21)26-23(28-24)30-8-10-32-11-9-30/h1-3,5,7,13-14H,4,6,8-12H2,(H,25,29). The van der Waals surface area contributed by atoms with E-state index in [4.69, 9.17) is 14.5 Å². The molecule has 1 fully saturated rings. The Morgan fingerprint density at radius 2 is 1.91 bits per heavy atom. The summed E-state index contributed by atoms with van der Waals surface area (Å²) in [4.78, 5) is 27.9. The number of H-pyrrole nitrogens is 1. The number of hydrogen-bond donors (Lipinski definition) is 1. The van der Waals surface area contributed by atoms with Crippen molar-refractivity contribution in [3.63, 3.8) is 0 Å². The van der Waals surface area contributed by atoms with Crippen molar-refractivity contribution in [2.75, 3.05) is 31.2 Å². The minimum absolute atomic E-state index is 0.230. The SMILES string of the molecule is O=C1CCc2cc(Oc3nc(-c4cccc5[nH]ncc45)nc(N4CCOCC4)n3)ccc2C1. The van der Waals surface area contributed by atoms with Crippen LogP contribution in [0.5, 0.6) is 11.8 Å². The van der Waals surface area contributed by atoms with Gasteiger partial charge in [-0.15, -0.1) is 0 Å². The smallest absolute Gasteiger partial charge is 0.327 e. The van der Waals surface area contributed by atoms with Crippen LogP contribution in [0.1, 0.15) is 17.5 Å². The summed E-state index contributed by atoms with van der Waals surface area (Å²) in [5.41, 5.74) is 3.97. The molecule has 9 nitrogen and oxygen atoms in total. The molecule has 0 amide bonds. The van der Waals surface area contributed by atoms with Gasteiger partial charge in [-0.2, -0.15) is 20.1 Å². The Labute approximate surface area is 189 Å². The highest BCUT2D eigenvalue weighted by molar-refractivity contribution is 5.92. The lowest BCUT2D eigenvalue weighted by atomic mass is 9.91. The number of carbonyl (C=O) groups is 1. The zero-order valence-electron chi connectivity index (χ0n) is 18.0. The van der Waals surface area contributed by atoms with Gasteiger partial charge >= 0.3 is 6.01 Å². The predicted octanol–water partition coefficient (Wildman–Crippen LogP) is 3.10. The third-order valence-electron chi connectivity index (χ3n) is 6.07. The van der Waals surface area contributed by atoms with Crippen molar-refractivity contribution >= 4 is 22.6 Å². The topological polar surface area (TPSA) is 106 Å². The maximum Gasteiger partial charge on any atom is 0.327 e. The zero-order chi connectivity index (χ0) is 22.2. The van der Waals surface area contributed by atoms with Gasteiger partial charge in [0.15, 0.2) is 5.82 Å². The molecule has 166 valence electrons. The van der Waals surface area contributed by atoms with Crippen molar-refractivity contribution in [3.8, 4) is 23.1 Å². The average Bonchev–Trinajstić information content (AvgIpc) is 3.34. The molecule has 0 radical (unpaired) electrons. The quantitative estimate of drug-likeness (QED) is 0.514. The molecular weight excluding hydrogens is 420 g/mol. The number of anilines is 1. The van der Waals surface area contributed by atoms with Gasteiger partial charge in [-0.25, -0.2) is 0 Å². The summed E-state index contributed by atoms with van der Waals surface area (Å²) < 4.78 is 11.6. The van der Waals surface area contributed by atoms with Crippen molar-refractivity contribution in [1.82, 2.24) is 25.1 Å². The summed E-state index contributed by atoms with van der Waals surface area (Å²) in [7, 11) is 0. The molecule has 0 bridgehead atoms. The molecule has 4 aromatic rings. The first-order chi connectivity index (χ1) is 16.2. The third-order valence-corrected chi connectivity index (χ3v) is 6.07. The molecule has 0 atom stereocenters. The van der Waals surface area contributed by atoms with Crippen molar-refractivity contribution in [2.24, 2.45) is 0 Å². The number of rotatable bonds is 4. The molecule has 9 heteroatoms. The van der Waals surface area contributed by atoms with Crippen molar-refractivity contribution in [1.29, 1.82) is 0 Å². The fraction of sp³-hybridized carbons (Fsp3) is 0.292. The molecule has 1 aliphatic carbocycles. The van der Waals surface area contributed by atoms with Crippen LogP contribution in [0.2, 0.25) is 0 Å². The number of fused-ring (bicyclic) bond motifs is 2. The van der Waals surface area contributed by atoms with Crippen LogP contribution in [0, 0.1) is 0 Å². The number of ether oxygens (including phenoxy) is 2. The van der Waals surface area contributed by atoms with Crippen molar-refractivity contribution < 1.29 is 14.3 Å². The molecule has 3 heterocycles. The Kier molecular flexibility index (Phi) is 4.95. The first-order valence-electron chi connectivity index (χ1n) is 11.1. The Hall–Kier alpha value is -3.85. The number of nitrogens with zero attached hydrogens (tertiary/aromatic N) is 5. The number of aromatic amines is 1. The van der Waals surface area contributed by atoms with Crippen LogP contribution in [0.15, 0.2) is 42.6 Å². The predicted molar refractivity (Wildman–Crippen MR) is 121 cm³/mol. The molecule has 1 saturated heterocycles. The summed E-state index contributed by atoms with van der Waals surface area (Å²) in [5.74, 6) is 2.01. The second kappa shape index (κ2) is 8.25. The lowest BCUT2D eigenvalue weighted by Crippen LogP contribution is -2.37. The van der Waals surface area contributed by atoms with E-state index in [1.165, 1.54) is 0 Å². The molecular formula is C24H22N6O3. The summed E-state index contributed by atoms with van der Waals surface area (Å²) in [5, 5.41) is 8.08. The lowest BCUT2D eigenvalue weighted by Gasteiger charge is -2.27. The van der Waals surface area contributed by atoms with E-state index in [1.54, 1.807) is 6.20 Å². The van der Waals surface area contributed by atoms with E-state index in [0.717, 1.165) is 34.0 Å². The van der Waals surface area contributed by atoms with Gasteiger partial charge in [0.05, 0.1) is 24.9 Å². The van der Waals surface area contributed by atoms with Crippen molar-refractivity contribution in [3.05, 3.63) is 53.7 Å². The molecule has 0 spiro atoms. The van der Waals surface area contributed by atoms with E-state index in [0.29, 0.717) is 56.7 Å². The number of nitrogens with one attached hydrogen (secondary N) is 1. The first kappa shape index (κ1) is 19.8. The second-order valence-corrected chi connectivity index (χ2v) is 8.23. The highest BCUT2D eigenvalue weighted by atomic mass is 16.5. The Balaban J connectivity index is 1.40. The normalized spacial score (nSPS) is 16.1. The number of benzene rings is 2. The van der Waals surface area contributed by atoms with Crippen LogP contribution in [0.3, 0.4) is 0 Å². The number of morpholine rings is 1. The van der Waals surface area contributed by atoms with E-state index in [-0.39, 0.29) is 11.8 Å². The van der Waals surface area contributed by atoms with Crippen LogP contribution in [0.4, 0.5) is 5.95 Å². The molecule has 0 unspecified atom stereocenters. The number of Topliss-reactive ketones (excluding diaryl/α,β-unsaturated/α-hetero) is 1. The van der Waals surface area contributed by atoms with Gasteiger partial charge < -0.3 is 14.4 Å². The van der Waals surface area contributed by atoms with Crippen LogP contribution < -0.4 is 9.64 Å². The number of aromatic nitrogens is 5. The van der Waals surface area contributed by atoms with E-state index in [9.17, 15) is 4.79 Å². The molecule has 0 saturated carbocycles. The van der Waals surface area contributed by atoms with Gasteiger partial charge in [0, 0.05) is 36.9 Å². The van der Waals surface area contributed by atoms with E-state index >= 15 is 0 Å². The summed E-state index contributed by atoms with van der Waals surface area (Å²) >= 11 is 0. The Bertz CT molecular complexity index is 1350. The van der Waals surface area contributed by atoms with E-state index < -0.39 is 0 Å². The molecule has 2 aromatic heterocycles. The molecule has 1 N–H and O–H groups in total. The van der Waals surface area contributed by atoms with E-state index in [1.807, 2.05) is 36.4 Å². The number of hydrogen-bond acceptors (Lipinski definition) is 8. The highest BCUT2D eigenvalue weighted by Crippen LogP contribution is 2.30.